The average molecular weight is 339 g/mol. The Bertz CT molecular complexity index is 584. The van der Waals surface area contributed by atoms with Gasteiger partial charge in [0.05, 0.1) is 11.2 Å². The van der Waals surface area contributed by atoms with Gasteiger partial charge in [0.15, 0.2) is 0 Å². The van der Waals surface area contributed by atoms with Gasteiger partial charge in [-0.15, -0.1) is 0 Å². The summed E-state index contributed by atoms with van der Waals surface area (Å²) >= 11 is 3.34. The van der Waals surface area contributed by atoms with Crippen molar-refractivity contribution in [1.29, 1.82) is 0 Å². The summed E-state index contributed by atoms with van der Waals surface area (Å²) < 4.78 is 6.11. The minimum absolute atomic E-state index is 0.130. The Morgan fingerprint density at radius 1 is 1.45 bits per heavy atom. The van der Waals surface area contributed by atoms with E-state index in [1.165, 1.54) is 6.07 Å². The monoisotopic (exact) mass is 338 g/mol. The molecule has 0 bridgehead atoms. The van der Waals surface area contributed by atoms with Crippen molar-refractivity contribution in [2.45, 2.75) is 25.9 Å². The van der Waals surface area contributed by atoms with E-state index in [0.29, 0.717) is 12.1 Å². The highest BCUT2D eigenvalue weighted by atomic mass is 79.9. The smallest absolute Gasteiger partial charge is 0.273 e. The number of hydrogen-bond donors (Lipinski definition) is 1. The molecule has 106 valence electrons. The summed E-state index contributed by atoms with van der Waals surface area (Å²) in [6, 6.07) is 8.89. The van der Waals surface area contributed by atoms with Gasteiger partial charge in [0.25, 0.3) is 5.69 Å². The van der Waals surface area contributed by atoms with Crippen molar-refractivity contribution in [1.82, 2.24) is 5.32 Å². The first-order chi connectivity index (χ1) is 9.56. The van der Waals surface area contributed by atoms with Gasteiger partial charge in [-0.25, -0.2) is 0 Å². The van der Waals surface area contributed by atoms with Crippen molar-refractivity contribution in [2.75, 3.05) is 0 Å². The zero-order valence-corrected chi connectivity index (χ0v) is 12.6. The maximum absolute atomic E-state index is 11.0. The van der Waals surface area contributed by atoms with Crippen LogP contribution in [0.5, 0.6) is 0 Å². The highest BCUT2D eigenvalue weighted by Crippen LogP contribution is 2.23. The standard InChI is InChI=1S/C14H15BrN2O3/c1-10(7-13-3-2-6-20-13)16-9-11-8-12(15)4-5-14(11)17(18)19/h2-6,8,10,16H,7,9H2,1H3. The third-order valence-corrected chi connectivity index (χ3v) is 3.46. The van der Waals surface area contributed by atoms with E-state index in [1.54, 1.807) is 18.4 Å². The van der Waals surface area contributed by atoms with Crippen molar-refractivity contribution in [3.63, 3.8) is 0 Å². The lowest BCUT2D eigenvalue weighted by molar-refractivity contribution is -0.385. The molecule has 0 saturated heterocycles. The van der Waals surface area contributed by atoms with Crippen molar-refractivity contribution >= 4 is 21.6 Å². The van der Waals surface area contributed by atoms with Crippen molar-refractivity contribution in [3.05, 3.63) is 62.5 Å². The number of hydrogen-bond acceptors (Lipinski definition) is 4. The molecule has 0 aliphatic heterocycles. The Labute approximate surface area is 125 Å². The normalized spacial score (nSPS) is 12.3. The Hall–Kier alpha value is -1.66. The van der Waals surface area contributed by atoms with Crippen LogP contribution in [0.2, 0.25) is 0 Å². The van der Waals surface area contributed by atoms with Crippen LogP contribution in [0, 0.1) is 10.1 Å². The van der Waals surface area contributed by atoms with Crippen molar-refractivity contribution < 1.29 is 9.34 Å². The maximum atomic E-state index is 11.0. The molecular formula is C14H15BrN2O3. The summed E-state index contributed by atoms with van der Waals surface area (Å²) in [5.41, 5.74) is 0.793. The molecule has 0 spiro atoms. The number of halogens is 1. The zero-order valence-electron chi connectivity index (χ0n) is 11.0. The van der Waals surface area contributed by atoms with Crippen LogP contribution >= 0.6 is 15.9 Å². The Morgan fingerprint density at radius 3 is 2.90 bits per heavy atom. The first kappa shape index (κ1) is 14.7. The van der Waals surface area contributed by atoms with E-state index >= 15 is 0 Å². The molecule has 0 fully saturated rings. The van der Waals surface area contributed by atoms with Crippen LogP contribution in [0.15, 0.2) is 45.5 Å². The first-order valence-electron chi connectivity index (χ1n) is 6.25. The minimum Gasteiger partial charge on any atom is -0.469 e. The molecule has 1 atom stereocenters. The highest BCUT2D eigenvalue weighted by molar-refractivity contribution is 9.10. The first-order valence-corrected chi connectivity index (χ1v) is 7.04. The second-order valence-corrected chi connectivity index (χ2v) is 5.51. The quantitative estimate of drug-likeness (QED) is 0.644. The second-order valence-electron chi connectivity index (χ2n) is 4.60. The van der Waals surface area contributed by atoms with E-state index in [1.807, 2.05) is 19.1 Å². The van der Waals surface area contributed by atoms with E-state index in [-0.39, 0.29) is 16.7 Å². The molecule has 2 rings (SSSR count). The molecule has 2 aromatic rings. The number of nitro benzene ring substituents is 1. The topological polar surface area (TPSA) is 68.3 Å². The Morgan fingerprint density at radius 2 is 2.25 bits per heavy atom. The summed E-state index contributed by atoms with van der Waals surface area (Å²) in [5, 5.41) is 14.3. The number of nitrogens with one attached hydrogen (secondary N) is 1. The van der Waals surface area contributed by atoms with Gasteiger partial charge in [0.2, 0.25) is 0 Å². The minimum atomic E-state index is -0.360. The summed E-state index contributed by atoms with van der Waals surface area (Å²) in [6.45, 7) is 2.46. The SMILES string of the molecule is CC(Cc1ccco1)NCc1cc(Br)ccc1[N+](=O)[O-]. The van der Waals surface area contributed by atoms with Gasteiger partial charge in [-0.3, -0.25) is 10.1 Å². The Balaban J connectivity index is 1.99. The molecule has 1 N–H and O–H groups in total. The largest absolute Gasteiger partial charge is 0.469 e. The fraction of sp³-hybridized carbons (Fsp3) is 0.286. The van der Waals surface area contributed by atoms with Gasteiger partial charge in [0, 0.05) is 35.1 Å². The van der Waals surface area contributed by atoms with E-state index in [4.69, 9.17) is 4.42 Å². The molecule has 5 nitrogen and oxygen atoms in total. The number of furan rings is 1. The number of benzene rings is 1. The fourth-order valence-corrected chi connectivity index (χ4v) is 2.37. The van der Waals surface area contributed by atoms with Gasteiger partial charge in [0.1, 0.15) is 5.76 Å². The molecular weight excluding hydrogens is 324 g/mol. The molecule has 1 aromatic heterocycles. The lowest BCUT2D eigenvalue weighted by Gasteiger charge is -2.12. The van der Waals surface area contributed by atoms with Crippen molar-refractivity contribution in [3.8, 4) is 0 Å². The van der Waals surface area contributed by atoms with Gasteiger partial charge in [-0.05, 0) is 31.2 Å². The summed E-state index contributed by atoms with van der Waals surface area (Å²) in [4.78, 5) is 10.6. The van der Waals surface area contributed by atoms with Gasteiger partial charge in [-0.2, -0.15) is 0 Å². The maximum Gasteiger partial charge on any atom is 0.273 e. The van der Waals surface area contributed by atoms with Crippen LogP contribution < -0.4 is 5.32 Å². The molecule has 0 radical (unpaired) electrons. The van der Waals surface area contributed by atoms with Crippen LogP contribution in [0.4, 0.5) is 5.69 Å². The third-order valence-electron chi connectivity index (χ3n) is 2.97. The average Bonchev–Trinajstić information content (AvgIpc) is 2.89. The number of rotatable bonds is 6. The van der Waals surface area contributed by atoms with E-state index in [0.717, 1.165) is 16.7 Å². The van der Waals surface area contributed by atoms with Crippen molar-refractivity contribution in [2.24, 2.45) is 0 Å². The zero-order chi connectivity index (χ0) is 14.5. The lowest BCUT2D eigenvalue weighted by atomic mass is 10.1. The van der Waals surface area contributed by atoms with Gasteiger partial charge >= 0.3 is 0 Å². The van der Waals surface area contributed by atoms with E-state index in [2.05, 4.69) is 21.2 Å². The van der Waals surface area contributed by atoms with Crippen LogP contribution in [0.3, 0.4) is 0 Å². The predicted molar refractivity (Wildman–Crippen MR) is 79.5 cm³/mol. The highest BCUT2D eigenvalue weighted by Gasteiger charge is 2.14. The molecule has 6 heteroatoms. The van der Waals surface area contributed by atoms with Gasteiger partial charge < -0.3 is 9.73 Å². The predicted octanol–water partition coefficient (Wildman–Crippen LogP) is 3.67. The molecule has 1 aromatic carbocycles. The number of nitro groups is 1. The summed E-state index contributed by atoms with van der Waals surface area (Å²) in [6.07, 6.45) is 2.38. The lowest BCUT2D eigenvalue weighted by Crippen LogP contribution is -2.27. The Kier molecular flexibility index (Phi) is 4.92. The van der Waals surface area contributed by atoms with Crippen LogP contribution in [0.1, 0.15) is 18.2 Å². The molecule has 0 amide bonds. The van der Waals surface area contributed by atoms with Crippen LogP contribution in [-0.4, -0.2) is 11.0 Å². The van der Waals surface area contributed by atoms with E-state index < -0.39 is 0 Å². The second kappa shape index (κ2) is 6.67. The number of nitrogens with zero attached hydrogens (tertiary/aromatic N) is 1. The molecule has 1 unspecified atom stereocenters. The molecule has 20 heavy (non-hydrogen) atoms. The van der Waals surface area contributed by atoms with Gasteiger partial charge in [-0.1, -0.05) is 15.9 Å². The molecule has 0 aliphatic rings. The molecule has 0 saturated carbocycles. The van der Waals surface area contributed by atoms with Crippen LogP contribution in [-0.2, 0) is 13.0 Å². The summed E-state index contributed by atoms with van der Waals surface area (Å²) in [5.74, 6) is 0.897. The van der Waals surface area contributed by atoms with Crippen LogP contribution in [0.25, 0.3) is 0 Å². The van der Waals surface area contributed by atoms with E-state index in [9.17, 15) is 10.1 Å². The molecule has 1 heterocycles. The molecule has 0 aliphatic carbocycles. The fourth-order valence-electron chi connectivity index (χ4n) is 1.96. The summed E-state index contributed by atoms with van der Waals surface area (Å²) in [7, 11) is 0. The third kappa shape index (κ3) is 3.91.